The van der Waals surface area contributed by atoms with Gasteiger partial charge in [-0.05, 0) is 52.2 Å². The Morgan fingerprint density at radius 3 is 2.72 bits per heavy atom. The predicted octanol–water partition coefficient (Wildman–Crippen LogP) is 1.22. The maximum absolute atomic E-state index is 11.9. The third kappa shape index (κ3) is 5.36. The molecular weight excluding hydrogens is 226 g/mol. The molecule has 2 unspecified atom stereocenters. The van der Waals surface area contributed by atoms with Crippen molar-refractivity contribution in [2.24, 2.45) is 5.92 Å². The van der Waals surface area contributed by atoms with Crippen LogP contribution in [0.5, 0.6) is 0 Å². The Morgan fingerprint density at radius 1 is 1.33 bits per heavy atom. The lowest BCUT2D eigenvalue weighted by molar-refractivity contribution is -0.123. The van der Waals surface area contributed by atoms with Crippen LogP contribution < -0.4 is 10.6 Å². The van der Waals surface area contributed by atoms with Gasteiger partial charge in [0.25, 0.3) is 0 Å². The molecule has 2 atom stereocenters. The van der Waals surface area contributed by atoms with Crippen LogP contribution in [0.3, 0.4) is 0 Å². The second kappa shape index (κ2) is 7.74. The zero-order valence-electron chi connectivity index (χ0n) is 12.3. The Kier molecular flexibility index (Phi) is 6.65. The van der Waals surface area contributed by atoms with Crippen LogP contribution in [-0.2, 0) is 4.79 Å². The molecule has 1 fully saturated rings. The molecule has 106 valence electrons. The molecule has 0 spiro atoms. The topological polar surface area (TPSA) is 44.4 Å². The summed E-state index contributed by atoms with van der Waals surface area (Å²) in [5, 5.41) is 6.47. The molecular formula is C14H29N3O. The van der Waals surface area contributed by atoms with E-state index < -0.39 is 0 Å². The van der Waals surface area contributed by atoms with Gasteiger partial charge >= 0.3 is 0 Å². The van der Waals surface area contributed by atoms with Crippen molar-refractivity contribution in [3.8, 4) is 0 Å². The number of rotatable bonds is 5. The Bertz CT molecular complexity index is 247. The number of hydrogen-bond donors (Lipinski definition) is 2. The van der Waals surface area contributed by atoms with Gasteiger partial charge in [-0.15, -0.1) is 0 Å². The van der Waals surface area contributed by atoms with Gasteiger partial charge in [-0.3, -0.25) is 9.69 Å². The molecule has 0 aromatic carbocycles. The fourth-order valence-electron chi connectivity index (χ4n) is 2.26. The third-order valence-electron chi connectivity index (χ3n) is 3.95. The van der Waals surface area contributed by atoms with Crippen LogP contribution in [0.15, 0.2) is 0 Å². The monoisotopic (exact) mass is 255 g/mol. The lowest BCUT2D eigenvalue weighted by Gasteiger charge is -2.27. The van der Waals surface area contributed by atoms with Crippen LogP contribution in [0, 0.1) is 5.92 Å². The molecule has 0 radical (unpaired) electrons. The fourth-order valence-corrected chi connectivity index (χ4v) is 2.26. The Balaban J connectivity index is 2.33. The summed E-state index contributed by atoms with van der Waals surface area (Å²) in [6.07, 6.45) is 3.54. The van der Waals surface area contributed by atoms with Crippen molar-refractivity contribution in [3.05, 3.63) is 0 Å². The summed E-state index contributed by atoms with van der Waals surface area (Å²) in [5.41, 5.74) is 0. The Morgan fingerprint density at radius 2 is 2.06 bits per heavy atom. The van der Waals surface area contributed by atoms with Gasteiger partial charge in [0.15, 0.2) is 0 Å². The van der Waals surface area contributed by atoms with Crippen LogP contribution in [0.2, 0.25) is 0 Å². The van der Waals surface area contributed by atoms with E-state index >= 15 is 0 Å². The van der Waals surface area contributed by atoms with Crippen LogP contribution in [0.25, 0.3) is 0 Å². The largest absolute Gasteiger partial charge is 0.352 e. The molecule has 4 nitrogen and oxygen atoms in total. The molecule has 2 N–H and O–H groups in total. The quantitative estimate of drug-likeness (QED) is 0.776. The molecule has 1 aliphatic rings. The first-order valence-corrected chi connectivity index (χ1v) is 7.21. The fraction of sp³-hybridized carbons (Fsp3) is 0.929. The van der Waals surface area contributed by atoms with Gasteiger partial charge in [0.05, 0.1) is 6.54 Å². The van der Waals surface area contributed by atoms with Crippen molar-refractivity contribution in [3.63, 3.8) is 0 Å². The molecule has 0 aromatic heterocycles. The molecule has 1 rings (SSSR count). The van der Waals surface area contributed by atoms with Crippen molar-refractivity contribution in [2.45, 2.75) is 52.1 Å². The molecule has 0 bridgehead atoms. The van der Waals surface area contributed by atoms with E-state index in [1.807, 2.05) is 0 Å². The van der Waals surface area contributed by atoms with E-state index in [0.29, 0.717) is 18.5 Å². The van der Waals surface area contributed by atoms with E-state index in [9.17, 15) is 4.79 Å². The predicted molar refractivity (Wildman–Crippen MR) is 75.6 cm³/mol. The molecule has 1 heterocycles. The minimum absolute atomic E-state index is 0.149. The Labute approximate surface area is 111 Å². The van der Waals surface area contributed by atoms with E-state index in [1.165, 1.54) is 12.8 Å². The highest BCUT2D eigenvalue weighted by molar-refractivity contribution is 5.78. The molecule has 0 aromatic rings. The molecule has 1 saturated heterocycles. The molecule has 18 heavy (non-hydrogen) atoms. The molecule has 0 saturated carbocycles. The van der Waals surface area contributed by atoms with Gasteiger partial charge in [-0.25, -0.2) is 0 Å². The highest BCUT2D eigenvalue weighted by Crippen LogP contribution is 2.11. The zero-order valence-corrected chi connectivity index (χ0v) is 12.3. The first-order valence-electron chi connectivity index (χ1n) is 7.21. The van der Waals surface area contributed by atoms with Crippen LogP contribution >= 0.6 is 0 Å². The van der Waals surface area contributed by atoms with E-state index in [2.05, 4.69) is 43.4 Å². The van der Waals surface area contributed by atoms with Gasteiger partial charge in [0.2, 0.25) is 5.91 Å². The van der Waals surface area contributed by atoms with Gasteiger partial charge in [-0.2, -0.15) is 0 Å². The summed E-state index contributed by atoms with van der Waals surface area (Å²) in [6, 6.07) is 0.793. The van der Waals surface area contributed by atoms with E-state index in [-0.39, 0.29) is 11.9 Å². The number of hydrogen-bond acceptors (Lipinski definition) is 3. The molecule has 1 aliphatic heterocycles. The van der Waals surface area contributed by atoms with Crippen molar-refractivity contribution in [2.75, 3.05) is 26.7 Å². The lowest BCUT2D eigenvalue weighted by atomic mass is 10.1. The number of likely N-dealkylation sites (N-methyl/N-ethyl adjacent to an activating group) is 1. The van der Waals surface area contributed by atoms with E-state index in [4.69, 9.17) is 0 Å². The first-order chi connectivity index (χ1) is 8.50. The summed E-state index contributed by atoms with van der Waals surface area (Å²) in [7, 11) is 2.07. The zero-order chi connectivity index (χ0) is 13.5. The van der Waals surface area contributed by atoms with Gasteiger partial charge in [0, 0.05) is 12.1 Å². The average molecular weight is 255 g/mol. The van der Waals surface area contributed by atoms with Gasteiger partial charge < -0.3 is 10.6 Å². The van der Waals surface area contributed by atoms with Crippen molar-refractivity contribution in [1.82, 2.24) is 15.5 Å². The third-order valence-corrected chi connectivity index (χ3v) is 3.95. The summed E-state index contributed by atoms with van der Waals surface area (Å²) < 4.78 is 0. The number of carbonyl (C=O) groups is 1. The van der Waals surface area contributed by atoms with E-state index in [1.54, 1.807) is 0 Å². The highest BCUT2D eigenvalue weighted by atomic mass is 16.2. The minimum Gasteiger partial charge on any atom is -0.352 e. The minimum atomic E-state index is 0.149. The molecule has 1 amide bonds. The van der Waals surface area contributed by atoms with Crippen LogP contribution in [0.1, 0.15) is 40.0 Å². The molecule has 4 heteroatoms. The maximum atomic E-state index is 11.9. The lowest BCUT2D eigenvalue weighted by Crippen LogP contribution is -2.44. The van der Waals surface area contributed by atoms with Crippen LogP contribution in [0.4, 0.5) is 0 Å². The highest BCUT2D eigenvalue weighted by Gasteiger charge is 2.19. The van der Waals surface area contributed by atoms with Crippen molar-refractivity contribution in [1.29, 1.82) is 0 Å². The molecule has 0 aliphatic carbocycles. The van der Waals surface area contributed by atoms with E-state index in [0.717, 1.165) is 19.5 Å². The number of carbonyl (C=O) groups excluding carboxylic acids is 1. The maximum Gasteiger partial charge on any atom is 0.234 e. The Hall–Kier alpha value is -0.610. The second-order valence-corrected chi connectivity index (χ2v) is 5.85. The number of nitrogens with zero attached hydrogens (tertiary/aromatic N) is 1. The summed E-state index contributed by atoms with van der Waals surface area (Å²) in [4.78, 5) is 14.1. The standard InChI is InChI=1S/C14H29N3O/c1-11(2)12(3)16-14(18)10-17(4)13-6-5-8-15-9-7-13/h11-13,15H,5-10H2,1-4H3,(H,16,18). The van der Waals surface area contributed by atoms with Crippen molar-refractivity contribution < 1.29 is 4.79 Å². The average Bonchev–Trinajstić information content (AvgIpc) is 2.56. The van der Waals surface area contributed by atoms with Crippen molar-refractivity contribution >= 4 is 5.91 Å². The smallest absolute Gasteiger partial charge is 0.234 e. The first kappa shape index (κ1) is 15.4. The summed E-state index contributed by atoms with van der Waals surface area (Å²) in [6.45, 7) is 9.02. The second-order valence-electron chi connectivity index (χ2n) is 5.85. The van der Waals surface area contributed by atoms with Gasteiger partial charge in [-0.1, -0.05) is 13.8 Å². The van der Waals surface area contributed by atoms with Gasteiger partial charge in [0.1, 0.15) is 0 Å². The summed E-state index contributed by atoms with van der Waals surface area (Å²) in [5.74, 6) is 0.636. The number of nitrogens with one attached hydrogen (secondary N) is 2. The normalized spacial score (nSPS) is 22.9. The van der Waals surface area contributed by atoms with Crippen LogP contribution in [-0.4, -0.2) is 49.6 Å². The summed E-state index contributed by atoms with van der Waals surface area (Å²) >= 11 is 0. The SMILES string of the molecule is CC(C)C(C)NC(=O)CN(C)C1CCCNCC1. The number of amides is 1.